The van der Waals surface area contributed by atoms with E-state index in [-0.39, 0.29) is 5.82 Å². The van der Waals surface area contributed by atoms with Gasteiger partial charge in [-0.15, -0.1) is 0 Å². The van der Waals surface area contributed by atoms with Gasteiger partial charge in [0.1, 0.15) is 11.6 Å². The number of anilines is 2. The second kappa shape index (κ2) is 6.50. The zero-order valence-electron chi connectivity index (χ0n) is 10.4. The fraction of sp³-hybridized carbons (Fsp3) is 0.214. The second-order valence-corrected chi connectivity index (χ2v) is 4.52. The van der Waals surface area contributed by atoms with Gasteiger partial charge in [0, 0.05) is 12.7 Å². The van der Waals surface area contributed by atoms with Crippen LogP contribution < -0.4 is 10.6 Å². The summed E-state index contributed by atoms with van der Waals surface area (Å²) in [4.78, 5) is 6.04. The first-order chi connectivity index (χ1) is 9.22. The van der Waals surface area contributed by atoms with Crippen LogP contribution in [0.5, 0.6) is 0 Å². The van der Waals surface area contributed by atoms with Gasteiger partial charge < -0.3 is 10.6 Å². The molecule has 0 atom stereocenters. The second-order valence-electron chi connectivity index (χ2n) is 4.08. The molecule has 2 aromatic rings. The number of hydrogen-bond donors (Lipinski definition) is 1. The largest absolute Gasteiger partial charge is 0.330 e. The third kappa shape index (κ3) is 3.43. The van der Waals surface area contributed by atoms with Crippen molar-refractivity contribution in [1.82, 2.24) is 4.98 Å². The minimum absolute atomic E-state index is 0.281. The van der Waals surface area contributed by atoms with Crippen LogP contribution in [0, 0.1) is 5.82 Å². The number of rotatable bonds is 5. The van der Waals surface area contributed by atoms with Gasteiger partial charge in [0.05, 0.1) is 10.7 Å². The van der Waals surface area contributed by atoms with Crippen LogP contribution in [0.3, 0.4) is 0 Å². The average molecular weight is 280 g/mol. The minimum atomic E-state index is -0.281. The summed E-state index contributed by atoms with van der Waals surface area (Å²) in [7, 11) is 0. The summed E-state index contributed by atoms with van der Waals surface area (Å²) in [6.45, 7) is 1.14. The number of halogens is 2. The maximum absolute atomic E-state index is 13.9. The van der Waals surface area contributed by atoms with E-state index < -0.39 is 0 Å². The van der Waals surface area contributed by atoms with Gasteiger partial charge in [-0.05, 0) is 37.2 Å². The van der Waals surface area contributed by atoms with Gasteiger partial charge in [-0.3, -0.25) is 0 Å². The Labute approximate surface area is 116 Å². The van der Waals surface area contributed by atoms with Crippen molar-refractivity contribution in [3.63, 3.8) is 0 Å². The molecule has 0 saturated carbocycles. The van der Waals surface area contributed by atoms with E-state index in [1.54, 1.807) is 41.4 Å². The van der Waals surface area contributed by atoms with Crippen molar-refractivity contribution in [2.45, 2.75) is 6.42 Å². The molecule has 0 aliphatic carbocycles. The first kappa shape index (κ1) is 13.8. The van der Waals surface area contributed by atoms with Crippen LogP contribution in [0.2, 0.25) is 5.02 Å². The minimum Gasteiger partial charge on any atom is -0.330 e. The number of para-hydroxylation sites is 1. The Hall–Kier alpha value is -1.65. The number of benzene rings is 1. The van der Waals surface area contributed by atoms with Gasteiger partial charge in [-0.1, -0.05) is 23.7 Å². The van der Waals surface area contributed by atoms with Gasteiger partial charge in [0.25, 0.3) is 0 Å². The molecule has 0 unspecified atom stereocenters. The molecule has 0 spiro atoms. The number of nitrogens with two attached hydrogens (primary N) is 1. The Kier molecular flexibility index (Phi) is 4.71. The first-order valence-electron chi connectivity index (χ1n) is 6.06. The van der Waals surface area contributed by atoms with Crippen molar-refractivity contribution in [2.75, 3.05) is 18.0 Å². The number of nitrogens with zero attached hydrogens (tertiary/aromatic N) is 2. The molecular formula is C14H15ClFN3. The Morgan fingerprint density at radius 3 is 2.63 bits per heavy atom. The molecule has 0 aliphatic heterocycles. The fourth-order valence-corrected chi connectivity index (χ4v) is 1.92. The highest BCUT2D eigenvalue weighted by Gasteiger charge is 2.13. The molecule has 3 nitrogen and oxygen atoms in total. The van der Waals surface area contributed by atoms with Gasteiger partial charge in [-0.25, -0.2) is 9.37 Å². The van der Waals surface area contributed by atoms with E-state index in [0.29, 0.717) is 29.6 Å². The molecule has 0 bridgehead atoms. The highest BCUT2D eigenvalue weighted by Crippen LogP contribution is 2.26. The summed E-state index contributed by atoms with van der Waals surface area (Å²) < 4.78 is 13.9. The molecule has 5 heteroatoms. The van der Waals surface area contributed by atoms with Crippen LogP contribution in [0.4, 0.5) is 15.9 Å². The zero-order chi connectivity index (χ0) is 13.7. The third-order valence-corrected chi connectivity index (χ3v) is 2.94. The Bertz CT molecular complexity index is 530. The molecule has 19 heavy (non-hydrogen) atoms. The van der Waals surface area contributed by atoms with Crippen LogP contribution in [0.1, 0.15) is 6.42 Å². The zero-order valence-corrected chi connectivity index (χ0v) is 11.1. The molecule has 1 aromatic carbocycles. The Morgan fingerprint density at radius 1 is 1.21 bits per heavy atom. The summed E-state index contributed by atoms with van der Waals surface area (Å²) in [5.74, 6) is 0.374. The molecule has 0 amide bonds. The monoisotopic (exact) mass is 279 g/mol. The average Bonchev–Trinajstić information content (AvgIpc) is 2.43. The normalized spacial score (nSPS) is 10.5. The van der Waals surface area contributed by atoms with E-state index in [2.05, 4.69) is 4.98 Å². The van der Waals surface area contributed by atoms with Crippen molar-refractivity contribution in [3.8, 4) is 0 Å². The predicted octanol–water partition coefficient (Wildman–Crippen LogP) is 3.36. The lowest BCUT2D eigenvalue weighted by Crippen LogP contribution is -2.22. The smallest absolute Gasteiger partial charge is 0.146 e. The third-order valence-electron chi connectivity index (χ3n) is 2.72. The highest BCUT2D eigenvalue weighted by molar-refractivity contribution is 6.30. The number of hydrogen-bond acceptors (Lipinski definition) is 3. The van der Waals surface area contributed by atoms with Crippen molar-refractivity contribution in [3.05, 3.63) is 53.4 Å². The van der Waals surface area contributed by atoms with Crippen molar-refractivity contribution < 1.29 is 4.39 Å². The molecular weight excluding hydrogens is 265 g/mol. The maximum Gasteiger partial charge on any atom is 0.146 e. The Morgan fingerprint density at radius 2 is 2.00 bits per heavy atom. The van der Waals surface area contributed by atoms with Crippen molar-refractivity contribution >= 4 is 23.1 Å². The molecule has 1 aromatic heterocycles. The molecule has 2 N–H and O–H groups in total. The van der Waals surface area contributed by atoms with E-state index in [1.165, 1.54) is 6.07 Å². The number of pyridine rings is 1. The van der Waals surface area contributed by atoms with Gasteiger partial charge in [0.15, 0.2) is 0 Å². The lowest BCUT2D eigenvalue weighted by atomic mass is 10.2. The van der Waals surface area contributed by atoms with E-state index in [1.807, 2.05) is 0 Å². The summed E-state index contributed by atoms with van der Waals surface area (Å²) in [5, 5.41) is 0.552. The summed E-state index contributed by atoms with van der Waals surface area (Å²) >= 11 is 5.82. The molecule has 0 radical (unpaired) electrons. The molecule has 0 aliphatic rings. The van der Waals surface area contributed by atoms with Crippen LogP contribution in [-0.2, 0) is 0 Å². The first-order valence-corrected chi connectivity index (χ1v) is 6.44. The topological polar surface area (TPSA) is 42.1 Å². The SMILES string of the molecule is NCCCN(c1ccc(Cl)cn1)c1ccccc1F. The quantitative estimate of drug-likeness (QED) is 0.912. The standard InChI is InChI=1S/C14H15ClFN3/c15-11-6-7-14(18-10-11)19(9-3-8-17)13-5-2-1-4-12(13)16/h1-2,4-7,10H,3,8-9,17H2. The van der Waals surface area contributed by atoms with Crippen molar-refractivity contribution in [1.29, 1.82) is 0 Å². The van der Waals surface area contributed by atoms with Gasteiger partial charge in [-0.2, -0.15) is 0 Å². The summed E-state index contributed by atoms with van der Waals surface area (Å²) in [6, 6.07) is 10.1. The van der Waals surface area contributed by atoms with E-state index in [0.717, 1.165) is 6.42 Å². The molecule has 2 rings (SSSR count). The lowest BCUT2D eigenvalue weighted by Gasteiger charge is -2.24. The van der Waals surface area contributed by atoms with Gasteiger partial charge in [0.2, 0.25) is 0 Å². The molecule has 0 saturated heterocycles. The van der Waals surface area contributed by atoms with E-state index in [4.69, 9.17) is 17.3 Å². The maximum atomic E-state index is 13.9. The van der Waals surface area contributed by atoms with Gasteiger partial charge >= 0.3 is 0 Å². The fourth-order valence-electron chi connectivity index (χ4n) is 1.81. The molecule has 100 valence electrons. The highest BCUT2D eigenvalue weighted by atomic mass is 35.5. The molecule has 0 fully saturated rings. The molecule has 1 heterocycles. The summed E-state index contributed by atoms with van der Waals surface area (Å²) in [6.07, 6.45) is 2.30. The number of aromatic nitrogens is 1. The van der Waals surface area contributed by atoms with Crippen LogP contribution in [0.25, 0.3) is 0 Å². The van der Waals surface area contributed by atoms with E-state index in [9.17, 15) is 4.39 Å². The van der Waals surface area contributed by atoms with Crippen LogP contribution in [0.15, 0.2) is 42.6 Å². The summed E-state index contributed by atoms with van der Waals surface area (Å²) in [5.41, 5.74) is 6.02. The lowest BCUT2D eigenvalue weighted by molar-refractivity contribution is 0.623. The Balaban J connectivity index is 2.35. The predicted molar refractivity (Wildman–Crippen MR) is 76.3 cm³/mol. The van der Waals surface area contributed by atoms with Crippen LogP contribution >= 0.6 is 11.6 Å². The van der Waals surface area contributed by atoms with Crippen LogP contribution in [-0.4, -0.2) is 18.1 Å². The van der Waals surface area contributed by atoms with E-state index >= 15 is 0 Å². The van der Waals surface area contributed by atoms with Crippen molar-refractivity contribution in [2.24, 2.45) is 5.73 Å².